The maximum atomic E-state index is 15.5. The first-order valence-electron chi connectivity index (χ1n) is 12.3. The molecule has 1 aliphatic rings. The highest BCUT2D eigenvalue weighted by atomic mass is 32.2. The Morgan fingerprint density at radius 3 is 2.71 bits per heavy atom. The number of nitrogen functional groups attached to an aromatic ring is 1. The fraction of sp³-hybridized carbons (Fsp3) is 0.259. The molecule has 216 valence electrons. The number of hydrogen-bond donors (Lipinski definition) is 3. The van der Waals surface area contributed by atoms with Crippen molar-refractivity contribution in [3.63, 3.8) is 0 Å². The molecule has 4 N–H and O–H groups in total. The van der Waals surface area contributed by atoms with Crippen LogP contribution < -0.4 is 15.2 Å². The van der Waals surface area contributed by atoms with Crippen LogP contribution in [0.2, 0.25) is 0 Å². The molecule has 14 heteroatoms. The van der Waals surface area contributed by atoms with Crippen molar-refractivity contribution in [1.82, 2.24) is 9.88 Å². The van der Waals surface area contributed by atoms with Gasteiger partial charge in [-0.3, -0.25) is 20.1 Å². The van der Waals surface area contributed by atoms with E-state index >= 15 is 4.39 Å². The average Bonchev–Trinajstić information content (AvgIpc) is 3.38. The highest BCUT2D eigenvalue weighted by molar-refractivity contribution is 7.91. The summed E-state index contributed by atoms with van der Waals surface area (Å²) in [4.78, 5) is 21.7. The Balaban J connectivity index is 1.65. The number of carbonyl (C=O) groups excluding carboxylic acids is 1. The SMILES string of the molecule is COC(=O)CCC[S+]([O-])c1ccc(Oc2c(F)cnc(Oc3cc(C(=N)N)ccc3O)c2F)c(C2N=CCN2C)c1. The van der Waals surface area contributed by atoms with Crippen molar-refractivity contribution in [1.29, 1.82) is 5.41 Å². The Kier molecular flexibility index (Phi) is 9.37. The van der Waals surface area contributed by atoms with Gasteiger partial charge in [0.05, 0.1) is 13.3 Å². The van der Waals surface area contributed by atoms with Crippen LogP contribution in [0.3, 0.4) is 0 Å². The van der Waals surface area contributed by atoms with Crippen LogP contribution in [-0.2, 0) is 20.7 Å². The number of halogens is 2. The largest absolute Gasteiger partial charge is 0.611 e. The summed E-state index contributed by atoms with van der Waals surface area (Å²) < 4.78 is 59.0. The van der Waals surface area contributed by atoms with Gasteiger partial charge in [0.2, 0.25) is 11.6 Å². The molecule has 0 spiro atoms. The van der Waals surface area contributed by atoms with Crippen molar-refractivity contribution in [2.45, 2.75) is 23.9 Å². The van der Waals surface area contributed by atoms with E-state index < -0.39 is 46.6 Å². The molecule has 4 rings (SSSR count). The zero-order valence-electron chi connectivity index (χ0n) is 22.1. The number of benzene rings is 2. The summed E-state index contributed by atoms with van der Waals surface area (Å²) in [5, 5.41) is 17.7. The van der Waals surface area contributed by atoms with E-state index in [2.05, 4.69) is 14.7 Å². The Morgan fingerprint density at radius 1 is 1.24 bits per heavy atom. The number of aliphatic imine (C=N–C) groups is 1. The number of nitrogens with one attached hydrogen (secondary N) is 1. The third kappa shape index (κ3) is 6.90. The van der Waals surface area contributed by atoms with Crippen molar-refractivity contribution in [2.75, 3.05) is 26.5 Å². The Bertz CT molecular complexity index is 1490. The first-order valence-corrected chi connectivity index (χ1v) is 13.6. The minimum atomic E-state index is -1.48. The minimum Gasteiger partial charge on any atom is -0.611 e. The van der Waals surface area contributed by atoms with Crippen molar-refractivity contribution >= 4 is 29.2 Å². The van der Waals surface area contributed by atoms with Crippen LogP contribution in [0.1, 0.15) is 30.1 Å². The molecule has 1 aliphatic heterocycles. The Hall–Kier alpha value is -4.27. The molecule has 0 radical (unpaired) electrons. The van der Waals surface area contributed by atoms with E-state index in [1.165, 1.54) is 37.4 Å². The quantitative estimate of drug-likeness (QED) is 0.130. The minimum absolute atomic E-state index is 0.0487. The molecule has 0 saturated carbocycles. The maximum absolute atomic E-state index is 15.5. The van der Waals surface area contributed by atoms with Crippen LogP contribution in [-0.4, -0.2) is 64.0 Å². The third-order valence-corrected chi connectivity index (χ3v) is 7.52. The molecule has 0 fully saturated rings. The molecule has 11 nitrogen and oxygen atoms in total. The van der Waals surface area contributed by atoms with E-state index in [9.17, 15) is 18.8 Å². The summed E-state index contributed by atoms with van der Waals surface area (Å²) in [6.07, 6.45) is 2.26. The zero-order valence-corrected chi connectivity index (χ0v) is 22.9. The van der Waals surface area contributed by atoms with Crippen LogP contribution >= 0.6 is 0 Å². The van der Waals surface area contributed by atoms with E-state index in [4.69, 9.17) is 20.6 Å². The van der Waals surface area contributed by atoms with E-state index in [0.717, 1.165) is 0 Å². The van der Waals surface area contributed by atoms with Gasteiger partial charge in [0.1, 0.15) is 23.5 Å². The fourth-order valence-electron chi connectivity index (χ4n) is 3.91. The summed E-state index contributed by atoms with van der Waals surface area (Å²) in [6, 6.07) is 8.31. The molecule has 0 saturated heterocycles. The second-order valence-electron chi connectivity index (χ2n) is 8.93. The molecule has 41 heavy (non-hydrogen) atoms. The van der Waals surface area contributed by atoms with Gasteiger partial charge in [-0.25, -0.2) is 9.37 Å². The van der Waals surface area contributed by atoms with Crippen molar-refractivity contribution in [3.8, 4) is 28.9 Å². The molecule has 1 aromatic heterocycles. The van der Waals surface area contributed by atoms with Gasteiger partial charge in [-0.2, -0.15) is 4.39 Å². The normalized spacial score (nSPS) is 15.5. The first kappa shape index (κ1) is 29.7. The molecule has 0 aliphatic carbocycles. The second kappa shape index (κ2) is 12.9. The van der Waals surface area contributed by atoms with Crippen molar-refractivity contribution in [3.05, 3.63) is 65.4 Å². The molecule has 0 bridgehead atoms. The number of methoxy groups -OCH3 is 1. The molecule has 2 heterocycles. The zero-order chi connectivity index (χ0) is 29.7. The van der Waals surface area contributed by atoms with Gasteiger partial charge in [-0.05, 0) is 48.6 Å². The summed E-state index contributed by atoms with van der Waals surface area (Å²) >= 11 is -1.48. The fourth-order valence-corrected chi connectivity index (χ4v) is 5.03. The van der Waals surface area contributed by atoms with Crippen molar-refractivity contribution in [2.24, 2.45) is 10.7 Å². The van der Waals surface area contributed by atoms with Crippen LogP contribution in [0, 0.1) is 17.0 Å². The topological polar surface area (TPSA) is 166 Å². The smallest absolute Gasteiger partial charge is 0.305 e. The summed E-state index contributed by atoms with van der Waals surface area (Å²) in [7, 11) is 3.07. The number of esters is 1. The molecule has 3 aromatic rings. The number of pyridine rings is 1. The highest BCUT2D eigenvalue weighted by Gasteiger charge is 2.28. The standard InChI is InChI=1S/C27H27F2N5O6S/c1-34-10-9-32-26(34)17-13-16(41(37)11-3-4-22(36)38-2)6-8-20(17)39-24-18(28)14-33-27(23(24)29)40-21-12-15(25(30)31)5-7-19(21)35/h5-9,12-14,26,35H,3-4,10-11H2,1-2H3,(H3,30,31). The summed E-state index contributed by atoms with van der Waals surface area (Å²) in [6.45, 7) is 0.509. The lowest BCUT2D eigenvalue weighted by atomic mass is 10.1. The molecular weight excluding hydrogens is 560 g/mol. The lowest BCUT2D eigenvalue weighted by Gasteiger charge is -2.22. The van der Waals surface area contributed by atoms with Crippen LogP contribution in [0.15, 0.2) is 52.5 Å². The van der Waals surface area contributed by atoms with Crippen LogP contribution in [0.4, 0.5) is 8.78 Å². The Labute approximate surface area is 237 Å². The first-order chi connectivity index (χ1) is 19.6. The third-order valence-electron chi connectivity index (χ3n) is 6.08. The number of ether oxygens (including phenoxy) is 3. The van der Waals surface area contributed by atoms with Gasteiger partial charge in [-0.1, -0.05) is 0 Å². The number of amidine groups is 1. The predicted octanol–water partition coefficient (Wildman–Crippen LogP) is 4.01. The number of nitrogens with two attached hydrogens (primary N) is 1. The highest BCUT2D eigenvalue weighted by Crippen LogP contribution is 2.40. The summed E-state index contributed by atoms with van der Waals surface area (Å²) in [5.74, 6) is -5.05. The van der Waals surface area contributed by atoms with Gasteiger partial charge in [-0.15, -0.1) is 0 Å². The monoisotopic (exact) mass is 587 g/mol. The molecule has 0 amide bonds. The lowest BCUT2D eigenvalue weighted by Crippen LogP contribution is -2.20. The van der Waals surface area contributed by atoms with Crippen LogP contribution in [0.5, 0.6) is 28.9 Å². The van der Waals surface area contributed by atoms with E-state index in [-0.39, 0.29) is 40.8 Å². The van der Waals surface area contributed by atoms with E-state index in [0.29, 0.717) is 29.6 Å². The average molecular weight is 588 g/mol. The number of hydrogen-bond acceptors (Lipinski definition) is 10. The number of aromatic hydroxyl groups is 1. The van der Waals surface area contributed by atoms with E-state index in [1.807, 2.05) is 4.90 Å². The van der Waals surface area contributed by atoms with Gasteiger partial charge in [0.15, 0.2) is 22.2 Å². The number of carbonyl (C=O) groups is 1. The van der Waals surface area contributed by atoms with Crippen molar-refractivity contribution < 1.29 is 37.4 Å². The number of aromatic nitrogens is 1. The molecular formula is C27H27F2N5O6S. The molecule has 2 unspecified atom stereocenters. The number of rotatable bonds is 11. The van der Waals surface area contributed by atoms with Crippen LogP contribution in [0.25, 0.3) is 0 Å². The molecule has 2 atom stereocenters. The van der Waals surface area contributed by atoms with Gasteiger partial charge in [0.25, 0.3) is 5.88 Å². The maximum Gasteiger partial charge on any atom is 0.305 e. The van der Waals surface area contributed by atoms with Gasteiger partial charge >= 0.3 is 5.97 Å². The lowest BCUT2D eigenvalue weighted by molar-refractivity contribution is -0.140. The predicted molar refractivity (Wildman–Crippen MR) is 146 cm³/mol. The number of nitrogens with zero attached hydrogens (tertiary/aromatic N) is 3. The molecule has 2 aromatic carbocycles. The Morgan fingerprint density at radius 2 is 2.02 bits per heavy atom. The number of phenolic OH excluding ortho intramolecular Hbond substituents is 1. The number of phenols is 1. The van der Waals surface area contributed by atoms with Gasteiger partial charge < -0.3 is 29.6 Å². The second-order valence-corrected chi connectivity index (χ2v) is 10.5. The van der Waals surface area contributed by atoms with Gasteiger partial charge in [0, 0.05) is 42.8 Å². The van der Waals surface area contributed by atoms with E-state index in [1.54, 1.807) is 19.3 Å². The summed E-state index contributed by atoms with van der Waals surface area (Å²) in [5.41, 5.74) is 6.08.